The number of carboxylic acid groups (broad SMARTS) is 1. The first-order valence-electron chi connectivity index (χ1n) is 5.40. The zero-order valence-corrected chi connectivity index (χ0v) is 9.57. The van der Waals surface area contributed by atoms with Gasteiger partial charge in [0.1, 0.15) is 0 Å². The van der Waals surface area contributed by atoms with Crippen LogP contribution in [0.5, 0.6) is 0 Å². The van der Waals surface area contributed by atoms with Gasteiger partial charge in [-0.05, 0) is 39.8 Å². The van der Waals surface area contributed by atoms with Crippen molar-refractivity contribution in [3.8, 4) is 6.07 Å². The molecule has 0 saturated carbocycles. The van der Waals surface area contributed by atoms with Crippen molar-refractivity contribution in [2.45, 2.75) is 45.6 Å². The van der Waals surface area contributed by atoms with E-state index in [1.54, 1.807) is 0 Å². The predicted molar refractivity (Wildman–Crippen MR) is 58.4 cm³/mol. The van der Waals surface area contributed by atoms with E-state index in [4.69, 9.17) is 10.4 Å². The van der Waals surface area contributed by atoms with Crippen LogP contribution in [0.3, 0.4) is 0 Å². The van der Waals surface area contributed by atoms with Gasteiger partial charge in [-0.25, -0.2) is 0 Å². The maximum Gasteiger partial charge on any atom is 0.303 e. The number of hydrogen-bond donors (Lipinski definition) is 1. The summed E-state index contributed by atoms with van der Waals surface area (Å²) in [6.07, 6.45) is 2.34. The second-order valence-corrected chi connectivity index (χ2v) is 3.89. The molecule has 0 radical (unpaired) electrons. The first kappa shape index (κ1) is 13.9. The van der Waals surface area contributed by atoms with Crippen molar-refractivity contribution in [1.82, 2.24) is 4.90 Å². The molecule has 0 rings (SSSR count). The number of nitriles is 1. The van der Waals surface area contributed by atoms with Crippen molar-refractivity contribution < 1.29 is 9.90 Å². The lowest BCUT2D eigenvalue weighted by molar-refractivity contribution is -0.137. The third-order valence-corrected chi connectivity index (χ3v) is 2.30. The number of unbranched alkanes of at least 4 members (excludes halogenated alkanes) is 1. The fourth-order valence-electron chi connectivity index (χ4n) is 1.42. The second-order valence-electron chi connectivity index (χ2n) is 3.89. The maximum absolute atomic E-state index is 10.3. The Hall–Kier alpha value is -1.08. The van der Waals surface area contributed by atoms with Gasteiger partial charge >= 0.3 is 5.97 Å². The summed E-state index contributed by atoms with van der Waals surface area (Å²) in [6, 6.07) is 2.53. The van der Waals surface area contributed by atoms with Crippen LogP contribution in [-0.2, 0) is 4.79 Å². The van der Waals surface area contributed by atoms with Gasteiger partial charge in [-0.2, -0.15) is 5.26 Å². The average Bonchev–Trinajstić information content (AvgIpc) is 2.15. The summed E-state index contributed by atoms with van der Waals surface area (Å²) in [6.45, 7) is 5.86. The lowest BCUT2D eigenvalue weighted by Crippen LogP contribution is -2.33. The molecule has 4 nitrogen and oxygen atoms in total. The zero-order valence-electron chi connectivity index (χ0n) is 9.57. The van der Waals surface area contributed by atoms with E-state index in [1.807, 2.05) is 0 Å². The van der Waals surface area contributed by atoms with Crippen molar-refractivity contribution >= 4 is 5.97 Å². The standard InChI is InChI=1S/C11H20N2O2/c1-10(2)13(8-4-3-7-12)9-5-6-11(14)15/h10H,3-6,8-9H2,1-2H3,(H,14,15). The Kier molecular flexibility index (Phi) is 7.65. The first-order valence-corrected chi connectivity index (χ1v) is 5.40. The molecule has 0 unspecified atom stereocenters. The van der Waals surface area contributed by atoms with Crippen molar-refractivity contribution in [2.24, 2.45) is 0 Å². The number of carbonyl (C=O) groups is 1. The van der Waals surface area contributed by atoms with E-state index in [0.717, 1.165) is 19.5 Å². The summed E-state index contributed by atoms with van der Waals surface area (Å²) in [5, 5.41) is 16.9. The SMILES string of the molecule is CC(C)N(CCCC#N)CCCC(=O)O. The minimum Gasteiger partial charge on any atom is -0.481 e. The fourth-order valence-corrected chi connectivity index (χ4v) is 1.42. The van der Waals surface area contributed by atoms with Crippen molar-refractivity contribution in [2.75, 3.05) is 13.1 Å². The fraction of sp³-hybridized carbons (Fsp3) is 0.818. The summed E-state index contributed by atoms with van der Waals surface area (Å²) in [5.41, 5.74) is 0. The van der Waals surface area contributed by atoms with Crippen LogP contribution in [-0.4, -0.2) is 35.1 Å². The van der Waals surface area contributed by atoms with Crippen LogP contribution in [0.4, 0.5) is 0 Å². The number of nitrogens with zero attached hydrogens (tertiary/aromatic N) is 2. The Bertz CT molecular complexity index is 221. The number of aliphatic carboxylic acids is 1. The number of hydrogen-bond acceptors (Lipinski definition) is 3. The van der Waals surface area contributed by atoms with E-state index in [1.165, 1.54) is 0 Å². The van der Waals surface area contributed by atoms with Gasteiger partial charge < -0.3 is 10.0 Å². The minimum atomic E-state index is -0.740. The van der Waals surface area contributed by atoms with Crippen LogP contribution >= 0.6 is 0 Å². The highest BCUT2D eigenvalue weighted by Crippen LogP contribution is 2.04. The largest absolute Gasteiger partial charge is 0.481 e. The van der Waals surface area contributed by atoms with Crippen LogP contribution in [0.1, 0.15) is 39.5 Å². The van der Waals surface area contributed by atoms with Gasteiger partial charge in [0.15, 0.2) is 0 Å². The molecule has 0 atom stereocenters. The molecule has 0 aliphatic heterocycles. The van der Waals surface area contributed by atoms with Crippen LogP contribution in [0.2, 0.25) is 0 Å². The molecule has 0 saturated heterocycles. The molecular formula is C11H20N2O2. The first-order chi connectivity index (χ1) is 7.07. The number of rotatable bonds is 8. The van der Waals surface area contributed by atoms with Crippen molar-refractivity contribution in [3.05, 3.63) is 0 Å². The topological polar surface area (TPSA) is 64.3 Å². The number of carboxylic acids is 1. The molecule has 0 fully saturated rings. The molecule has 0 amide bonds. The van der Waals surface area contributed by atoms with Gasteiger partial charge in [0, 0.05) is 18.9 Å². The Morgan fingerprint density at radius 2 is 2.00 bits per heavy atom. The van der Waals surface area contributed by atoms with E-state index < -0.39 is 5.97 Å². The molecule has 1 N–H and O–H groups in total. The summed E-state index contributed by atoms with van der Waals surface area (Å²) < 4.78 is 0. The van der Waals surface area contributed by atoms with E-state index in [0.29, 0.717) is 18.9 Å². The summed E-state index contributed by atoms with van der Waals surface area (Å²) in [4.78, 5) is 12.6. The third-order valence-electron chi connectivity index (χ3n) is 2.30. The highest BCUT2D eigenvalue weighted by atomic mass is 16.4. The van der Waals surface area contributed by atoms with Gasteiger partial charge in [-0.3, -0.25) is 4.79 Å². The lowest BCUT2D eigenvalue weighted by atomic mass is 10.2. The predicted octanol–water partition coefficient (Wildman–Crippen LogP) is 1.87. The van der Waals surface area contributed by atoms with Gasteiger partial charge in [0.05, 0.1) is 6.07 Å². The summed E-state index contributed by atoms with van der Waals surface area (Å²) in [5.74, 6) is -0.740. The smallest absolute Gasteiger partial charge is 0.303 e. The molecule has 0 aliphatic carbocycles. The molecule has 0 aromatic carbocycles. The Morgan fingerprint density at radius 3 is 2.47 bits per heavy atom. The summed E-state index contributed by atoms with van der Waals surface area (Å²) in [7, 11) is 0. The molecule has 86 valence electrons. The molecule has 0 heterocycles. The van der Waals surface area contributed by atoms with Crippen LogP contribution in [0, 0.1) is 11.3 Å². The maximum atomic E-state index is 10.3. The highest BCUT2D eigenvalue weighted by Gasteiger charge is 2.09. The zero-order chi connectivity index (χ0) is 11.7. The highest BCUT2D eigenvalue weighted by molar-refractivity contribution is 5.66. The molecular weight excluding hydrogens is 192 g/mol. The van der Waals surface area contributed by atoms with Gasteiger partial charge in [-0.1, -0.05) is 0 Å². The molecule has 0 bridgehead atoms. The van der Waals surface area contributed by atoms with Crippen molar-refractivity contribution in [3.63, 3.8) is 0 Å². The van der Waals surface area contributed by atoms with Gasteiger partial charge in [-0.15, -0.1) is 0 Å². The molecule has 0 aliphatic rings. The van der Waals surface area contributed by atoms with E-state index in [2.05, 4.69) is 24.8 Å². The quantitative estimate of drug-likeness (QED) is 0.624. The average molecular weight is 212 g/mol. The second kappa shape index (κ2) is 8.25. The normalized spacial score (nSPS) is 10.6. The molecule has 0 aromatic rings. The van der Waals surface area contributed by atoms with Crippen LogP contribution < -0.4 is 0 Å². The molecule has 15 heavy (non-hydrogen) atoms. The monoisotopic (exact) mass is 212 g/mol. The molecule has 0 aromatic heterocycles. The Labute approximate surface area is 91.5 Å². The van der Waals surface area contributed by atoms with E-state index in [9.17, 15) is 4.79 Å². The summed E-state index contributed by atoms with van der Waals surface area (Å²) >= 11 is 0. The molecule has 0 spiro atoms. The lowest BCUT2D eigenvalue weighted by Gasteiger charge is -2.25. The van der Waals surface area contributed by atoms with Crippen molar-refractivity contribution in [1.29, 1.82) is 5.26 Å². The Balaban J connectivity index is 3.74. The van der Waals surface area contributed by atoms with E-state index >= 15 is 0 Å². The van der Waals surface area contributed by atoms with Gasteiger partial charge in [0.25, 0.3) is 0 Å². The van der Waals surface area contributed by atoms with E-state index in [-0.39, 0.29) is 6.42 Å². The van der Waals surface area contributed by atoms with Crippen LogP contribution in [0.15, 0.2) is 0 Å². The molecule has 4 heteroatoms. The van der Waals surface area contributed by atoms with Gasteiger partial charge in [0.2, 0.25) is 0 Å². The third kappa shape index (κ3) is 7.95. The van der Waals surface area contributed by atoms with Crippen LogP contribution in [0.25, 0.3) is 0 Å². The Morgan fingerprint density at radius 1 is 1.40 bits per heavy atom. The minimum absolute atomic E-state index is 0.224.